The summed E-state index contributed by atoms with van der Waals surface area (Å²) >= 11 is 5.97. The van der Waals surface area contributed by atoms with E-state index in [4.69, 9.17) is 16.3 Å². The predicted molar refractivity (Wildman–Crippen MR) is 71.8 cm³/mol. The van der Waals surface area contributed by atoms with Crippen LogP contribution in [0.25, 0.3) is 0 Å². The van der Waals surface area contributed by atoms with Gasteiger partial charge in [-0.15, -0.1) is 11.6 Å². The highest BCUT2D eigenvalue weighted by molar-refractivity contribution is 6.24. The summed E-state index contributed by atoms with van der Waals surface area (Å²) in [5, 5.41) is 0. The Morgan fingerprint density at radius 1 is 1.47 bits per heavy atom. The summed E-state index contributed by atoms with van der Waals surface area (Å²) in [4.78, 5) is 23.8. The van der Waals surface area contributed by atoms with Crippen LogP contribution in [0.3, 0.4) is 0 Å². The van der Waals surface area contributed by atoms with E-state index in [0.29, 0.717) is 5.57 Å². The van der Waals surface area contributed by atoms with Crippen molar-refractivity contribution in [2.75, 3.05) is 5.88 Å². The SMILES string of the molecule is CC1C(=O)OC2C3=C(CCl)C(=O)C=CC3(C)CCC12. The highest BCUT2D eigenvalue weighted by Crippen LogP contribution is 2.53. The van der Waals surface area contributed by atoms with Crippen molar-refractivity contribution in [1.82, 2.24) is 0 Å². The number of esters is 1. The number of ketones is 1. The molecule has 0 aromatic heterocycles. The van der Waals surface area contributed by atoms with Crippen molar-refractivity contribution in [1.29, 1.82) is 0 Å². The van der Waals surface area contributed by atoms with E-state index in [9.17, 15) is 9.59 Å². The first kappa shape index (κ1) is 12.9. The number of hydrogen-bond donors (Lipinski definition) is 0. The van der Waals surface area contributed by atoms with Crippen molar-refractivity contribution in [3.63, 3.8) is 0 Å². The van der Waals surface area contributed by atoms with Crippen LogP contribution < -0.4 is 0 Å². The van der Waals surface area contributed by atoms with Crippen molar-refractivity contribution in [3.05, 3.63) is 23.3 Å². The second-order valence-electron chi connectivity index (χ2n) is 5.99. The van der Waals surface area contributed by atoms with Gasteiger partial charge < -0.3 is 4.74 Å². The van der Waals surface area contributed by atoms with Gasteiger partial charge in [0.1, 0.15) is 6.10 Å². The molecule has 0 aromatic carbocycles. The maximum absolute atomic E-state index is 12.0. The summed E-state index contributed by atoms with van der Waals surface area (Å²) in [6.07, 6.45) is 5.19. The number of halogens is 1. The second-order valence-corrected chi connectivity index (χ2v) is 6.26. The molecular formula is C15H17ClO3. The molecule has 19 heavy (non-hydrogen) atoms. The zero-order valence-corrected chi connectivity index (χ0v) is 11.9. The number of carbonyl (C=O) groups excluding carboxylic acids is 2. The molecule has 2 aliphatic carbocycles. The summed E-state index contributed by atoms with van der Waals surface area (Å²) in [5.41, 5.74) is 1.39. The van der Waals surface area contributed by atoms with Gasteiger partial charge in [0, 0.05) is 16.9 Å². The van der Waals surface area contributed by atoms with Gasteiger partial charge in [-0.1, -0.05) is 19.9 Å². The summed E-state index contributed by atoms with van der Waals surface area (Å²) in [5.74, 6) is 0.0950. The lowest BCUT2D eigenvalue weighted by Crippen LogP contribution is -2.40. The van der Waals surface area contributed by atoms with E-state index < -0.39 is 0 Å². The van der Waals surface area contributed by atoms with E-state index >= 15 is 0 Å². The minimum Gasteiger partial charge on any atom is -0.457 e. The van der Waals surface area contributed by atoms with Crippen LogP contribution in [0.1, 0.15) is 26.7 Å². The molecule has 0 spiro atoms. The van der Waals surface area contributed by atoms with E-state index in [-0.39, 0.29) is 41.0 Å². The Morgan fingerprint density at radius 3 is 2.89 bits per heavy atom. The largest absolute Gasteiger partial charge is 0.457 e. The standard InChI is InChI=1S/C15H17ClO3/c1-8-9-3-5-15(2)6-4-11(17)10(7-16)12(15)13(9)19-14(8)18/h4,6,8-9,13H,3,5,7H2,1-2H3. The average Bonchev–Trinajstić information content (AvgIpc) is 2.66. The molecule has 1 aliphatic heterocycles. The third kappa shape index (κ3) is 1.71. The Labute approximate surface area is 117 Å². The molecule has 4 unspecified atom stereocenters. The van der Waals surface area contributed by atoms with Gasteiger partial charge >= 0.3 is 5.97 Å². The first-order valence-corrected chi connectivity index (χ1v) is 7.25. The van der Waals surface area contributed by atoms with Crippen LogP contribution in [0.2, 0.25) is 0 Å². The van der Waals surface area contributed by atoms with Crippen LogP contribution in [0.15, 0.2) is 23.3 Å². The molecule has 4 atom stereocenters. The minimum absolute atomic E-state index is 0.0428. The highest BCUT2D eigenvalue weighted by atomic mass is 35.5. The maximum atomic E-state index is 12.0. The van der Waals surface area contributed by atoms with Gasteiger partial charge in [0.15, 0.2) is 5.78 Å². The minimum atomic E-state index is -0.260. The Balaban J connectivity index is 2.12. The normalized spacial score (nSPS) is 41.1. The third-order valence-electron chi connectivity index (χ3n) is 4.90. The zero-order chi connectivity index (χ0) is 13.8. The summed E-state index contributed by atoms with van der Waals surface area (Å²) in [6.45, 7) is 4.02. The van der Waals surface area contributed by atoms with Crippen LogP contribution in [0.5, 0.6) is 0 Å². The summed E-state index contributed by atoms with van der Waals surface area (Å²) < 4.78 is 5.55. The van der Waals surface area contributed by atoms with E-state index in [1.807, 2.05) is 13.0 Å². The molecule has 0 aromatic rings. The average molecular weight is 281 g/mol. The molecule has 2 fully saturated rings. The molecule has 0 amide bonds. The molecule has 3 rings (SSSR count). The molecule has 0 radical (unpaired) electrons. The van der Waals surface area contributed by atoms with Gasteiger partial charge in [0.25, 0.3) is 0 Å². The van der Waals surface area contributed by atoms with E-state index in [1.165, 1.54) is 0 Å². The van der Waals surface area contributed by atoms with Crippen molar-refractivity contribution < 1.29 is 14.3 Å². The molecule has 3 aliphatic rings. The Hall–Kier alpha value is -1.09. The van der Waals surface area contributed by atoms with Crippen LogP contribution in [-0.4, -0.2) is 23.7 Å². The Morgan fingerprint density at radius 2 is 2.21 bits per heavy atom. The Bertz CT molecular complexity index is 519. The maximum Gasteiger partial charge on any atom is 0.309 e. The number of fused-ring (bicyclic) bond motifs is 3. The fourth-order valence-corrected chi connectivity index (χ4v) is 3.95. The van der Waals surface area contributed by atoms with Crippen molar-refractivity contribution in [2.24, 2.45) is 17.3 Å². The molecule has 1 saturated carbocycles. The van der Waals surface area contributed by atoms with Crippen LogP contribution in [-0.2, 0) is 14.3 Å². The lowest BCUT2D eigenvalue weighted by atomic mass is 9.62. The number of hydrogen-bond acceptors (Lipinski definition) is 3. The molecule has 0 bridgehead atoms. The summed E-state index contributed by atoms with van der Waals surface area (Å²) in [7, 11) is 0. The molecule has 3 nitrogen and oxygen atoms in total. The van der Waals surface area contributed by atoms with Gasteiger partial charge in [0.05, 0.1) is 11.8 Å². The molecule has 102 valence electrons. The molecule has 1 heterocycles. The van der Waals surface area contributed by atoms with Crippen molar-refractivity contribution in [2.45, 2.75) is 32.8 Å². The fraction of sp³-hybridized carbons (Fsp3) is 0.600. The molecule has 4 heteroatoms. The fourth-order valence-electron chi connectivity index (χ4n) is 3.68. The van der Waals surface area contributed by atoms with Gasteiger partial charge in [-0.25, -0.2) is 0 Å². The quantitative estimate of drug-likeness (QED) is 0.548. The van der Waals surface area contributed by atoms with Crippen LogP contribution in [0, 0.1) is 17.3 Å². The second kappa shape index (κ2) is 4.20. The number of allylic oxidation sites excluding steroid dienone is 3. The zero-order valence-electron chi connectivity index (χ0n) is 11.1. The van der Waals surface area contributed by atoms with Gasteiger partial charge in [-0.2, -0.15) is 0 Å². The van der Waals surface area contributed by atoms with E-state index in [2.05, 4.69) is 6.92 Å². The predicted octanol–water partition coefficient (Wildman–Crippen LogP) is 2.64. The number of carbonyl (C=O) groups is 2. The number of ether oxygens (including phenoxy) is 1. The molecule has 0 N–H and O–H groups in total. The van der Waals surface area contributed by atoms with Gasteiger partial charge in [-0.3, -0.25) is 9.59 Å². The Kier molecular flexibility index (Phi) is 2.86. The number of rotatable bonds is 1. The summed E-state index contributed by atoms with van der Waals surface area (Å²) in [6, 6.07) is 0. The van der Waals surface area contributed by atoms with E-state index in [1.54, 1.807) is 6.08 Å². The monoisotopic (exact) mass is 280 g/mol. The smallest absolute Gasteiger partial charge is 0.309 e. The topological polar surface area (TPSA) is 43.4 Å². The van der Waals surface area contributed by atoms with Crippen molar-refractivity contribution >= 4 is 23.4 Å². The molecular weight excluding hydrogens is 264 g/mol. The number of alkyl halides is 1. The van der Waals surface area contributed by atoms with Gasteiger partial charge in [0.2, 0.25) is 0 Å². The lowest BCUT2D eigenvalue weighted by molar-refractivity contribution is -0.143. The van der Waals surface area contributed by atoms with Crippen molar-refractivity contribution in [3.8, 4) is 0 Å². The first-order valence-electron chi connectivity index (χ1n) is 6.71. The van der Waals surface area contributed by atoms with Crippen LogP contribution >= 0.6 is 11.6 Å². The lowest BCUT2D eigenvalue weighted by Gasteiger charge is -2.43. The third-order valence-corrected chi connectivity index (χ3v) is 5.17. The molecule has 1 saturated heterocycles. The van der Waals surface area contributed by atoms with Crippen LogP contribution in [0.4, 0.5) is 0 Å². The highest BCUT2D eigenvalue weighted by Gasteiger charge is 2.53. The van der Waals surface area contributed by atoms with Gasteiger partial charge in [-0.05, 0) is 24.5 Å². The van der Waals surface area contributed by atoms with E-state index in [0.717, 1.165) is 18.4 Å². The first-order chi connectivity index (χ1) is 8.98.